The number of nitrogens with one attached hydrogen (secondary N) is 1. The maximum absolute atomic E-state index is 12.5. The zero-order chi connectivity index (χ0) is 17.1. The molecule has 1 saturated heterocycles. The lowest BCUT2D eigenvalue weighted by atomic mass is 10.1. The average Bonchev–Trinajstić information content (AvgIpc) is 3.29. The quantitative estimate of drug-likeness (QED) is 0.776. The monoisotopic (exact) mass is 336 g/mol. The van der Waals surface area contributed by atoms with E-state index in [1.54, 1.807) is 6.20 Å². The molecule has 1 atom stereocenters. The van der Waals surface area contributed by atoms with Crippen molar-refractivity contribution in [1.82, 2.24) is 14.4 Å². The summed E-state index contributed by atoms with van der Waals surface area (Å²) in [5.74, 6) is 0.630. The molecule has 0 bridgehead atoms. The first-order chi connectivity index (χ1) is 12.3. The topological polar surface area (TPSA) is 68.5 Å². The number of amides is 1. The summed E-state index contributed by atoms with van der Waals surface area (Å²) in [5.41, 5.74) is 2.19. The van der Waals surface area contributed by atoms with Crippen LogP contribution in [-0.2, 0) is 9.53 Å². The second-order valence-electron chi connectivity index (χ2n) is 6.17. The Bertz CT molecular complexity index is 870. The van der Waals surface area contributed by atoms with Crippen molar-refractivity contribution in [3.63, 3.8) is 0 Å². The minimum Gasteiger partial charge on any atom is -0.378 e. The Balaban J connectivity index is 1.60. The van der Waals surface area contributed by atoms with E-state index >= 15 is 0 Å². The number of pyridine rings is 2. The number of imidazole rings is 1. The molecule has 0 unspecified atom stereocenters. The van der Waals surface area contributed by atoms with Crippen LogP contribution < -0.4 is 5.32 Å². The van der Waals surface area contributed by atoms with Gasteiger partial charge in [-0.1, -0.05) is 12.1 Å². The molecule has 1 aliphatic heterocycles. The molecule has 0 saturated carbocycles. The summed E-state index contributed by atoms with van der Waals surface area (Å²) >= 11 is 0. The number of hydrogen-bond donors (Lipinski definition) is 1. The van der Waals surface area contributed by atoms with E-state index in [1.165, 1.54) is 0 Å². The number of carbonyl (C=O) groups is 1. The fourth-order valence-electron chi connectivity index (χ4n) is 3.16. The van der Waals surface area contributed by atoms with Gasteiger partial charge >= 0.3 is 0 Å². The van der Waals surface area contributed by atoms with Gasteiger partial charge in [-0.3, -0.25) is 14.2 Å². The van der Waals surface area contributed by atoms with E-state index in [9.17, 15) is 4.79 Å². The summed E-state index contributed by atoms with van der Waals surface area (Å²) in [7, 11) is 0. The van der Waals surface area contributed by atoms with Gasteiger partial charge in [0.25, 0.3) is 0 Å². The van der Waals surface area contributed by atoms with Crippen molar-refractivity contribution in [2.75, 3.05) is 11.9 Å². The molecule has 1 amide bonds. The summed E-state index contributed by atoms with van der Waals surface area (Å²) < 4.78 is 7.48. The van der Waals surface area contributed by atoms with Crippen LogP contribution in [0, 0.1) is 0 Å². The average molecular weight is 336 g/mol. The van der Waals surface area contributed by atoms with Crippen LogP contribution in [0.4, 0.5) is 5.82 Å². The van der Waals surface area contributed by atoms with Crippen LogP contribution in [0.3, 0.4) is 0 Å². The highest BCUT2D eigenvalue weighted by atomic mass is 16.5. The number of anilines is 1. The third-order valence-electron chi connectivity index (χ3n) is 4.41. The zero-order valence-corrected chi connectivity index (χ0v) is 13.9. The minimum absolute atomic E-state index is 0.0293. The SMILES string of the molecule is O=C(CC[C@@H]1CCCO1)Nc1c(-c2ccccn2)nc2ccccn12. The Morgan fingerprint density at radius 2 is 2.20 bits per heavy atom. The van der Waals surface area contributed by atoms with E-state index < -0.39 is 0 Å². The Hall–Kier alpha value is -2.73. The van der Waals surface area contributed by atoms with Crippen molar-refractivity contribution in [3.8, 4) is 11.4 Å². The molecule has 0 aliphatic carbocycles. The summed E-state index contributed by atoms with van der Waals surface area (Å²) in [6.07, 6.45) is 7.15. The number of aromatic nitrogens is 3. The lowest BCUT2D eigenvalue weighted by Gasteiger charge is -2.10. The summed E-state index contributed by atoms with van der Waals surface area (Å²) in [5, 5.41) is 3.02. The first-order valence-electron chi connectivity index (χ1n) is 8.61. The predicted molar refractivity (Wildman–Crippen MR) is 95.3 cm³/mol. The number of fused-ring (bicyclic) bond motifs is 1. The molecule has 0 radical (unpaired) electrons. The molecule has 1 fully saturated rings. The van der Waals surface area contributed by atoms with Crippen molar-refractivity contribution >= 4 is 17.4 Å². The third-order valence-corrected chi connectivity index (χ3v) is 4.41. The molecule has 4 heterocycles. The van der Waals surface area contributed by atoms with Gasteiger partial charge in [-0.2, -0.15) is 0 Å². The molecule has 128 valence electrons. The van der Waals surface area contributed by atoms with Gasteiger partial charge in [-0.05, 0) is 43.5 Å². The van der Waals surface area contributed by atoms with Crippen LogP contribution in [0.5, 0.6) is 0 Å². The normalized spacial score (nSPS) is 17.0. The van der Waals surface area contributed by atoms with Gasteiger partial charge < -0.3 is 10.1 Å². The van der Waals surface area contributed by atoms with Crippen molar-refractivity contribution in [1.29, 1.82) is 0 Å². The van der Waals surface area contributed by atoms with Gasteiger partial charge in [0.1, 0.15) is 17.2 Å². The van der Waals surface area contributed by atoms with Gasteiger partial charge in [0.15, 0.2) is 0 Å². The maximum atomic E-state index is 12.5. The molecule has 3 aromatic heterocycles. The van der Waals surface area contributed by atoms with Crippen molar-refractivity contribution in [2.45, 2.75) is 31.8 Å². The third kappa shape index (κ3) is 3.39. The van der Waals surface area contributed by atoms with Gasteiger partial charge in [0.2, 0.25) is 5.91 Å². The summed E-state index contributed by atoms with van der Waals surface area (Å²) in [4.78, 5) is 21.5. The summed E-state index contributed by atoms with van der Waals surface area (Å²) in [6, 6.07) is 11.4. The van der Waals surface area contributed by atoms with E-state index in [2.05, 4.69) is 15.3 Å². The first-order valence-corrected chi connectivity index (χ1v) is 8.61. The van der Waals surface area contributed by atoms with Crippen LogP contribution in [0.1, 0.15) is 25.7 Å². The molecule has 3 aromatic rings. The standard InChI is InChI=1S/C19H20N4O2/c24-17(10-9-14-6-5-13-25-14)22-19-18(15-7-1-3-11-20-15)21-16-8-2-4-12-23(16)19/h1-4,7-8,11-12,14H,5-6,9-10,13H2,(H,22,24)/t14-/m0/s1. The molecule has 6 heteroatoms. The van der Waals surface area contributed by atoms with Crippen molar-refractivity contribution < 1.29 is 9.53 Å². The number of carbonyl (C=O) groups excluding carboxylic acids is 1. The van der Waals surface area contributed by atoms with Crippen LogP contribution in [0.15, 0.2) is 48.8 Å². The van der Waals surface area contributed by atoms with E-state index in [4.69, 9.17) is 4.74 Å². The predicted octanol–water partition coefficient (Wildman–Crippen LogP) is 3.29. The molecule has 6 nitrogen and oxygen atoms in total. The highest BCUT2D eigenvalue weighted by Crippen LogP contribution is 2.27. The van der Waals surface area contributed by atoms with Crippen molar-refractivity contribution in [2.24, 2.45) is 0 Å². The number of ether oxygens (including phenoxy) is 1. The molecular formula is C19H20N4O2. The highest BCUT2D eigenvalue weighted by Gasteiger charge is 2.19. The lowest BCUT2D eigenvalue weighted by molar-refractivity contribution is -0.116. The first kappa shape index (κ1) is 15.8. The van der Waals surface area contributed by atoms with Crippen LogP contribution in [0.25, 0.3) is 17.0 Å². The second-order valence-corrected chi connectivity index (χ2v) is 6.17. The van der Waals surface area contributed by atoms with Gasteiger partial charge in [-0.15, -0.1) is 0 Å². The molecule has 0 aromatic carbocycles. The number of nitrogens with zero attached hydrogens (tertiary/aromatic N) is 3. The minimum atomic E-state index is -0.0293. The highest BCUT2D eigenvalue weighted by molar-refractivity contribution is 5.94. The Kier molecular flexibility index (Phi) is 4.43. The van der Waals surface area contributed by atoms with E-state index in [-0.39, 0.29) is 12.0 Å². The second kappa shape index (κ2) is 7.03. The number of rotatable bonds is 5. The molecule has 4 rings (SSSR count). The van der Waals surface area contributed by atoms with E-state index in [1.807, 2.05) is 47.0 Å². The van der Waals surface area contributed by atoms with Gasteiger partial charge in [-0.25, -0.2) is 4.98 Å². The van der Waals surface area contributed by atoms with Gasteiger partial charge in [0, 0.05) is 25.4 Å². The van der Waals surface area contributed by atoms with Crippen LogP contribution in [-0.4, -0.2) is 33.0 Å². The fourth-order valence-corrected chi connectivity index (χ4v) is 3.16. The Morgan fingerprint density at radius 1 is 1.28 bits per heavy atom. The molecule has 0 spiro atoms. The number of hydrogen-bond acceptors (Lipinski definition) is 4. The van der Waals surface area contributed by atoms with Crippen LogP contribution in [0.2, 0.25) is 0 Å². The van der Waals surface area contributed by atoms with E-state index in [0.29, 0.717) is 17.9 Å². The lowest BCUT2D eigenvalue weighted by Crippen LogP contribution is -2.16. The Morgan fingerprint density at radius 3 is 3.00 bits per heavy atom. The molecule has 1 N–H and O–H groups in total. The largest absolute Gasteiger partial charge is 0.378 e. The Labute approximate surface area is 145 Å². The van der Waals surface area contributed by atoms with Crippen molar-refractivity contribution in [3.05, 3.63) is 48.8 Å². The van der Waals surface area contributed by atoms with E-state index in [0.717, 1.165) is 37.2 Å². The maximum Gasteiger partial charge on any atom is 0.225 e. The molecule has 1 aliphatic rings. The smallest absolute Gasteiger partial charge is 0.225 e. The molecule has 25 heavy (non-hydrogen) atoms. The molecular weight excluding hydrogens is 316 g/mol. The van der Waals surface area contributed by atoms with Gasteiger partial charge in [0.05, 0.1) is 11.8 Å². The van der Waals surface area contributed by atoms with Crippen LogP contribution >= 0.6 is 0 Å². The fraction of sp³-hybridized carbons (Fsp3) is 0.316. The zero-order valence-electron chi connectivity index (χ0n) is 13.9. The summed E-state index contributed by atoms with van der Waals surface area (Å²) in [6.45, 7) is 0.809.